The Bertz CT molecular complexity index is 657. The lowest BCUT2D eigenvalue weighted by molar-refractivity contribution is -0.116. The van der Waals surface area contributed by atoms with Crippen molar-refractivity contribution in [3.05, 3.63) is 29.5 Å². The SMILES string of the molecule is CCN(C(C)=O)c1nc(CN2CCOC(Cn3cccn3)C2)cs1. The lowest BCUT2D eigenvalue weighted by Gasteiger charge is -2.32. The van der Waals surface area contributed by atoms with Gasteiger partial charge < -0.3 is 4.74 Å². The number of thiazole rings is 1. The van der Waals surface area contributed by atoms with Gasteiger partial charge in [-0.15, -0.1) is 11.3 Å². The minimum absolute atomic E-state index is 0.0315. The highest BCUT2D eigenvalue weighted by atomic mass is 32.1. The van der Waals surface area contributed by atoms with Crippen molar-refractivity contribution in [1.82, 2.24) is 19.7 Å². The first-order chi connectivity index (χ1) is 11.7. The third-order valence-corrected chi connectivity index (χ3v) is 4.94. The molecule has 1 fully saturated rings. The molecule has 130 valence electrons. The Hall–Kier alpha value is -1.77. The number of hydrogen-bond donors (Lipinski definition) is 0. The van der Waals surface area contributed by atoms with Gasteiger partial charge in [-0.1, -0.05) is 0 Å². The largest absolute Gasteiger partial charge is 0.374 e. The number of morpholine rings is 1. The summed E-state index contributed by atoms with van der Waals surface area (Å²) in [4.78, 5) is 20.3. The standard InChI is InChI=1S/C16H23N5O2S/c1-3-21(13(2)22)16-18-14(12-24-16)9-19-7-8-23-15(10-19)11-20-6-4-5-17-20/h4-6,12,15H,3,7-11H2,1-2H3. The molecule has 0 saturated carbocycles. The van der Waals surface area contributed by atoms with Crippen molar-refractivity contribution in [2.45, 2.75) is 33.0 Å². The van der Waals surface area contributed by atoms with E-state index in [1.54, 1.807) is 18.0 Å². The van der Waals surface area contributed by atoms with Gasteiger partial charge in [0.2, 0.25) is 5.91 Å². The topological polar surface area (TPSA) is 63.5 Å². The van der Waals surface area contributed by atoms with Gasteiger partial charge in [-0.3, -0.25) is 19.3 Å². The highest BCUT2D eigenvalue weighted by Crippen LogP contribution is 2.22. The molecule has 0 N–H and O–H groups in total. The Kier molecular flexibility index (Phi) is 5.60. The van der Waals surface area contributed by atoms with E-state index in [2.05, 4.69) is 15.0 Å². The number of rotatable bonds is 6. The zero-order valence-corrected chi connectivity index (χ0v) is 14.9. The molecule has 1 aliphatic heterocycles. The number of hydrogen-bond acceptors (Lipinski definition) is 6. The molecule has 3 rings (SSSR count). The third-order valence-electron chi connectivity index (χ3n) is 4.03. The highest BCUT2D eigenvalue weighted by molar-refractivity contribution is 7.14. The van der Waals surface area contributed by atoms with Crippen LogP contribution in [0.1, 0.15) is 19.5 Å². The molecule has 24 heavy (non-hydrogen) atoms. The number of anilines is 1. The second kappa shape index (κ2) is 7.87. The molecule has 0 aromatic carbocycles. The maximum atomic E-state index is 11.6. The third kappa shape index (κ3) is 4.19. The van der Waals surface area contributed by atoms with Crippen molar-refractivity contribution in [2.24, 2.45) is 0 Å². The van der Waals surface area contributed by atoms with E-state index < -0.39 is 0 Å². The quantitative estimate of drug-likeness (QED) is 0.793. The molecule has 1 unspecified atom stereocenters. The van der Waals surface area contributed by atoms with Crippen molar-refractivity contribution in [1.29, 1.82) is 0 Å². The second-order valence-electron chi connectivity index (χ2n) is 5.84. The lowest BCUT2D eigenvalue weighted by Crippen LogP contribution is -2.43. The predicted molar refractivity (Wildman–Crippen MR) is 93.1 cm³/mol. The monoisotopic (exact) mass is 349 g/mol. The van der Waals surface area contributed by atoms with Crippen LogP contribution in [-0.4, -0.2) is 57.9 Å². The van der Waals surface area contributed by atoms with Gasteiger partial charge in [-0.05, 0) is 13.0 Å². The van der Waals surface area contributed by atoms with Crippen molar-refractivity contribution in [3.8, 4) is 0 Å². The van der Waals surface area contributed by atoms with Gasteiger partial charge in [-0.2, -0.15) is 5.10 Å². The molecule has 8 heteroatoms. The highest BCUT2D eigenvalue weighted by Gasteiger charge is 2.22. The summed E-state index contributed by atoms with van der Waals surface area (Å²) in [5.74, 6) is 0.0315. The Morgan fingerprint density at radius 2 is 2.42 bits per heavy atom. The Morgan fingerprint density at radius 3 is 3.12 bits per heavy atom. The van der Waals surface area contributed by atoms with Crippen LogP contribution < -0.4 is 4.90 Å². The van der Waals surface area contributed by atoms with Gasteiger partial charge in [0.25, 0.3) is 0 Å². The van der Waals surface area contributed by atoms with E-state index in [4.69, 9.17) is 4.74 Å². The molecule has 1 aliphatic rings. The van der Waals surface area contributed by atoms with Crippen LogP contribution in [-0.2, 0) is 22.6 Å². The van der Waals surface area contributed by atoms with E-state index in [0.717, 1.165) is 43.6 Å². The smallest absolute Gasteiger partial charge is 0.225 e. The van der Waals surface area contributed by atoms with Gasteiger partial charge in [0.05, 0.1) is 24.9 Å². The number of carbonyl (C=O) groups excluding carboxylic acids is 1. The summed E-state index contributed by atoms with van der Waals surface area (Å²) in [6.45, 7) is 8.20. The van der Waals surface area contributed by atoms with Crippen LogP contribution in [0.25, 0.3) is 0 Å². The normalized spacial score (nSPS) is 18.7. The molecule has 2 aromatic heterocycles. The average Bonchev–Trinajstić information content (AvgIpc) is 3.20. The molecule has 2 aromatic rings. The molecule has 0 aliphatic carbocycles. The summed E-state index contributed by atoms with van der Waals surface area (Å²) >= 11 is 1.53. The van der Waals surface area contributed by atoms with Crippen molar-refractivity contribution < 1.29 is 9.53 Å². The molecule has 0 radical (unpaired) electrons. The van der Waals surface area contributed by atoms with Crippen LogP contribution in [0.4, 0.5) is 5.13 Å². The van der Waals surface area contributed by atoms with E-state index in [1.165, 1.54) is 11.3 Å². The van der Waals surface area contributed by atoms with E-state index in [1.807, 2.05) is 29.2 Å². The molecule has 0 bridgehead atoms. The Balaban J connectivity index is 1.57. The fourth-order valence-corrected chi connectivity index (χ4v) is 3.79. The van der Waals surface area contributed by atoms with Crippen LogP contribution in [0, 0.1) is 0 Å². The van der Waals surface area contributed by atoms with Gasteiger partial charge >= 0.3 is 0 Å². The van der Waals surface area contributed by atoms with Gasteiger partial charge in [0.15, 0.2) is 5.13 Å². The number of aromatic nitrogens is 3. The molecule has 1 atom stereocenters. The fraction of sp³-hybridized carbons (Fsp3) is 0.562. The first-order valence-electron chi connectivity index (χ1n) is 8.19. The number of carbonyl (C=O) groups is 1. The Morgan fingerprint density at radius 1 is 1.54 bits per heavy atom. The fourth-order valence-electron chi connectivity index (χ4n) is 2.87. The van der Waals surface area contributed by atoms with E-state index in [0.29, 0.717) is 6.54 Å². The lowest BCUT2D eigenvalue weighted by atomic mass is 10.2. The van der Waals surface area contributed by atoms with E-state index in [9.17, 15) is 4.79 Å². The van der Waals surface area contributed by atoms with Crippen LogP contribution in [0.3, 0.4) is 0 Å². The maximum absolute atomic E-state index is 11.6. The van der Waals surface area contributed by atoms with Crippen LogP contribution in [0.2, 0.25) is 0 Å². The molecule has 7 nitrogen and oxygen atoms in total. The van der Waals surface area contributed by atoms with Crippen LogP contribution in [0.5, 0.6) is 0 Å². The first-order valence-corrected chi connectivity index (χ1v) is 9.07. The summed E-state index contributed by atoms with van der Waals surface area (Å²) in [6.07, 6.45) is 3.88. The Labute approximate surface area is 145 Å². The zero-order valence-electron chi connectivity index (χ0n) is 14.1. The number of ether oxygens (including phenoxy) is 1. The van der Waals surface area contributed by atoms with E-state index >= 15 is 0 Å². The summed E-state index contributed by atoms with van der Waals surface area (Å²) in [6, 6.07) is 1.92. The van der Waals surface area contributed by atoms with Crippen molar-refractivity contribution in [2.75, 3.05) is 31.1 Å². The minimum atomic E-state index is 0.0315. The zero-order chi connectivity index (χ0) is 16.9. The van der Waals surface area contributed by atoms with Crippen LogP contribution >= 0.6 is 11.3 Å². The number of amides is 1. The second-order valence-corrected chi connectivity index (χ2v) is 6.68. The predicted octanol–water partition coefficient (Wildman–Crippen LogP) is 1.61. The molecular weight excluding hydrogens is 326 g/mol. The maximum Gasteiger partial charge on any atom is 0.225 e. The molecule has 1 amide bonds. The summed E-state index contributed by atoms with van der Waals surface area (Å²) < 4.78 is 7.74. The average molecular weight is 349 g/mol. The van der Waals surface area contributed by atoms with Crippen LogP contribution in [0.15, 0.2) is 23.8 Å². The first kappa shape index (κ1) is 17.1. The summed E-state index contributed by atoms with van der Waals surface area (Å²) in [7, 11) is 0. The molecular formula is C16H23N5O2S. The summed E-state index contributed by atoms with van der Waals surface area (Å²) in [5, 5.41) is 7.06. The van der Waals surface area contributed by atoms with Gasteiger partial charge in [0, 0.05) is 50.9 Å². The number of nitrogens with zero attached hydrogens (tertiary/aromatic N) is 5. The van der Waals surface area contributed by atoms with Gasteiger partial charge in [0.1, 0.15) is 0 Å². The molecule has 0 spiro atoms. The molecule has 3 heterocycles. The molecule has 1 saturated heterocycles. The minimum Gasteiger partial charge on any atom is -0.374 e. The van der Waals surface area contributed by atoms with Gasteiger partial charge in [-0.25, -0.2) is 4.98 Å². The van der Waals surface area contributed by atoms with Crippen molar-refractivity contribution in [3.63, 3.8) is 0 Å². The van der Waals surface area contributed by atoms with E-state index in [-0.39, 0.29) is 12.0 Å². The van der Waals surface area contributed by atoms with Crippen molar-refractivity contribution >= 4 is 22.4 Å². The summed E-state index contributed by atoms with van der Waals surface area (Å²) in [5.41, 5.74) is 1.01.